The molecule has 3 heterocycles. The van der Waals surface area contributed by atoms with Crippen LogP contribution in [-0.4, -0.2) is 63.7 Å². The Hall–Kier alpha value is -2.42. The normalized spacial score (nSPS) is 16.6. The number of hydrogen-bond donors (Lipinski definition) is 0. The van der Waals surface area contributed by atoms with Gasteiger partial charge in [0.05, 0.1) is 5.69 Å². The van der Waals surface area contributed by atoms with Crippen LogP contribution in [0.3, 0.4) is 0 Å². The molecule has 8 heteroatoms. The van der Waals surface area contributed by atoms with Crippen LogP contribution >= 0.6 is 23.1 Å². The van der Waals surface area contributed by atoms with E-state index in [9.17, 15) is 0 Å². The highest BCUT2D eigenvalue weighted by Crippen LogP contribution is 2.46. The van der Waals surface area contributed by atoms with Crippen molar-refractivity contribution < 1.29 is 0 Å². The lowest BCUT2D eigenvalue weighted by Gasteiger charge is -2.37. The molecule has 0 atom stereocenters. The van der Waals surface area contributed by atoms with Crippen molar-refractivity contribution >= 4 is 23.1 Å². The number of fused-ring (bicyclic) bond motifs is 3. The summed E-state index contributed by atoms with van der Waals surface area (Å²) in [4.78, 5) is 17.2. The van der Waals surface area contributed by atoms with E-state index >= 15 is 0 Å². The lowest BCUT2D eigenvalue weighted by Crippen LogP contribution is -2.52. The minimum Gasteiger partial charge on any atom is -0.299 e. The second kappa shape index (κ2) is 10.1. The Kier molecular flexibility index (Phi) is 6.75. The number of thioether (sulfide) groups is 1. The van der Waals surface area contributed by atoms with Gasteiger partial charge in [0.1, 0.15) is 22.7 Å². The molecule has 0 radical (unpaired) electrons. The van der Waals surface area contributed by atoms with Crippen molar-refractivity contribution in [3.63, 3.8) is 0 Å². The van der Waals surface area contributed by atoms with Crippen LogP contribution in [0, 0.1) is 13.8 Å². The van der Waals surface area contributed by atoms with E-state index in [4.69, 9.17) is 15.1 Å². The third-order valence-electron chi connectivity index (χ3n) is 7.80. The van der Waals surface area contributed by atoms with Gasteiger partial charge in [-0.2, -0.15) is 4.79 Å². The summed E-state index contributed by atoms with van der Waals surface area (Å²) >= 11 is 3.61. The summed E-state index contributed by atoms with van der Waals surface area (Å²) < 4.78 is 0. The molecule has 0 spiro atoms. The molecule has 2 aliphatic heterocycles. The molecule has 1 aromatic heterocycles. The Morgan fingerprint density at radius 2 is 1.72 bits per heavy atom. The van der Waals surface area contributed by atoms with Crippen LogP contribution in [-0.2, 0) is 19.3 Å². The van der Waals surface area contributed by atoms with Gasteiger partial charge in [0.15, 0.2) is 0 Å². The van der Waals surface area contributed by atoms with Gasteiger partial charge in [-0.15, -0.1) is 28.2 Å². The summed E-state index contributed by atoms with van der Waals surface area (Å²) in [5.41, 5.74) is 9.04. The van der Waals surface area contributed by atoms with Crippen molar-refractivity contribution in [2.75, 3.05) is 44.0 Å². The molecular weight excluding hydrogens is 484 g/mol. The van der Waals surface area contributed by atoms with Gasteiger partial charge in [-0.3, -0.25) is 9.91 Å². The van der Waals surface area contributed by atoms with Crippen LogP contribution in [0.1, 0.15) is 40.1 Å². The quantitative estimate of drug-likeness (QED) is 0.326. The minimum atomic E-state index is 0.979. The molecule has 1 aromatic carbocycles. The van der Waals surface area contributed by atoms with Crippen LogP contribution in [0.2, 0.25) is 0 Å². The Labute approximate surface area is 222 Å². The first-order valence-corrected chi connectivity index (χ1v) is 15.1. The summed E-state index contributed by atoms with van der Waals surface area (Å²) in [7, 11) is 0. The Bertz CT molecular complexity index is 1300. The van der Waals surface area contributed by atoms with E-state index in [1.54, 1.807) is 29.4 Å². The highest BCUT2D eigenvalue weighted by molar-refractivity contribution is 7.98. The number of aryl methyl sites for hydroxylation is 2. The molecule has 0 N–H and O–H groups in total. The first kappa shape index (κ1) is 23.9. The zero-order valence-electron chi connectivity index (χ0n) is 21.5. The topological polar surface area (TPSA) is 50.1 Å². The van der Waals surface area contributed by atoms with Crippen LogP contribution in [0.4, 0.5) is 0 Å². The zero-order chi connectivity index (χ0) is 24.6. The molecule has 1 saturated heterocycles. The van der Waals surface area contributed by atoms with Gasteiger partial charge in [0.25, 0.3) is 0 Å². The molecule has 4 aliphatic rings. The average Bonchev–Trinajstić information content (AvgIpc) is 3.44. The van der Waals surface area contributed by atoms with E-state index in [1.807, 2.05) is 0 Å². The van der Waals surface area contributed by atoms with Crippen molar-refractivity contribution in [3.05, 3.63) is 57.9 Å². The summed E-state index contributed by atoms with van der Waals surface area (Å²) in [5.74, 6) is 0. The minimum absolute atomic E-state index is 0.979. The molecule has 0 unspecified atom stereocenters. The molecule has 0 saturated carbocycles. The predicted molar refractivity (Wildman–Crippen MR) is 150 cm³/mol. The van der Waals surface area contributed by atoms with Crippen molar-refractivity contribution in [1.29, 1.82) is 0 Å². The second-order valence-corrected chi connectivity index (χ2v) is 12.0. The number of piperazine rings is 1. The number of rotatable bonds is 6. The number of benzene rings is 1. The summed E-state index contributed by atoms with van der Waals surface area (Å²) in [6, 6.07) is 9.02. The van der Waals surface area contributed by atoms with E-state index < -0.39 is 0 Å². The van der Waals surface area contributed by atoms with Gasteiger partial charge in [0.2, 0.25) is 0 Å². The number of hydrogen-bond acceptors (Lipinski definition) is 7. The van der Waals surface area contributed by atoms with Gasteiger partial charge in [-0.1, -0.05) is 12.1 Å². The van der Waals surface area contributed by atoms with Crippen LogP contribution in [0.5, 0.6) is 0 Å². The molecule has 2 aromatic rings. The van der Waals surface area contributed by atoms with Gasteiger partial charge >= 0.3 is 0 Å². The molecule has 6 nitrogen and oxygen atoms in total. The van der Waals surface area contributed by atoms with E-state index in [1.165, 1.54) is 50.6 Å². The monoisotopic (exact) mass is 518 g/mol. The van der Waals surface area contributed by atoms with E-state index in [0.29, 0.717) is 0 Å². The van der Waals surface area contributed by atoms with Crippen LogP contribution in [0.25, 0.3) is 22.0 Å². The maximum atomic E-state index is 4.95. The summed E-state index contributed by atoms with van der Waals surface area (Å²) in [6.45, 7) is 9.46. The third kappa shape index (κ3) is 4.44. The highest BCUT2D eigenvalue weighted by Gasteiger charge is 2.33. The molecule has 6 rings (SSSR count). The van der Waals surface area contributed by atoms with Crippen molar-refractivity contribution in [2.45, 2.75) is 50.8 Å². The largest absolute Gasteiger partial charge is 0.299 e. The fraction of sp³-hybridized carbons (Fsp3) is 0.464. The Balaban J connectivity index is 1.22. The molecule has 188 valence electrons. The van der Waals surface area contributed by atoms with Crippen molar-refractivity contribution in [1.82, 2.24) is 24.8 Å². The standard InChI is InChI=1S/C28H34N6S2/c1-19-20(2)36-28(31-19)25-23-6-4-5-7-24(23)27-26(25)29-18-30-34(27)33-16-14-32(15-17-33)13-12-21-8-10-22(35-3)11-9-21/h8-11,18H,4-7,12-17H2,1-3H3. The first-order valence-electron chi connectivity index (χ1n) is 13.0. The predicted octanol–water partition coefficient (Wildman–Crippen LogP) is 5.22. The summed E-state index contributed by atoms with van der Waals surface area (Å²) in [5, 5.41) is 8.34. The van der Waals surface area contributed by atoms with Crippen LogP contribution in [0.15, 0.2) is 35.5 Å². The molecule has 1 fully saturated rings. The maximum absolute atomic E-state index is 4.95. The van der Waals surface area contributed by atoms with E-state index in [2.05, 4.69) is 59.1 Å². The highest BCUT2D eigenvalue weighted by atomic mass is 32.2. The van der Waals surface area contributed by atoms with Gasteiger partial charge in [0, 0.05) is 48.1 Å². The Morgan fingerprint density at radius 3 is 2.42 bits per heavy atom. The Morgan fingerprint density at radius 1 is 0.972 bits per heavy atom. The average molecular weight is 519 g/mol. The molecular formula is C28H34N6S2. The fourth-order valence-electron chi connectivity index (χ4n) is 5.63. The lowest BCUT2D eigenvalue weighted by molar-refractivity contribution is 0.237. The number of thiazole rings is 1. The van der Waals surface area contributed by atoms with E-state index in [0.717, 1.165) is 68.4 Å². The van der Waals surface area contributed by atoms with Gasteiger partial charge in [-0.25, -0.2) is 9.97 Å². The zero-order valence-corrected chi connectivity index (χ0v) is 23.1. The van der Waals surface area contributed by atoms with Crippen molar-refractivity contribution in [2.24, 2.45) is 0 Å². The molecule has 2 aliphatic carbocycles. The second-order valence-electron chi connectivity index (χ2n) is 9.94. The maximum Gasteiger partial charge on any atom is 0.138 e. The first-order chi connectivity index (χ1) is 17.6. The van der Waals surface area contributed by atoms with Gasteiger partial charge < -0.3 is 0 Å². The molecule has 36 heavy (non-hydrogen) atoms. The van der Waals surface area contributed by atoms with Crippen LogP contribution < -0.4 is 5.01 Å². The van der Waals surface area contributed by atoms with Crippen molar-refractivity contribution in [3.8, 4) is 22.0 Å². The fourth-order valence-corrected chi connectivity index (χ4v) is 7.03. The van der Waals surface area contributed by atoms with Gasteiger partial charge in [-0.05, 0) is 81.0 Å². The lowest BCUT2D eigenvalue weighted by atomic mass is 9.93. The smallest absolute Gasteiger partial charge is 0.138 e. The third-order valence-corrected chi connectivity index (χ3v) is 9.63. The number of aromatic nitrogens is 4. The van der Waals surface area contributed by atoms with E-state index in [-0.39, 0.29) is 0 Å². The number of nitrogens with zero attached hydrogens (tertiary/aromatic N) is 6. The SMILES string of the molecule is CSc1ccc(CCN2CCN(n3ncnc4c(-c5nc(C)c(C)s5)c5c(c3-4)CCCC5)CC2)cc1. The molecule has 0 bridgehead atoms. The summed E-state index contributed by atoms with van der Waals surface area (Å²) in [6.07, 6.45) is 9.68. The molecule has 0 amide bonds.